The van der Waals surface area contributed by atoms with Crippen molar-refractivity contribution < 1.29 is 39.8 Å². The van der Waals surface area contributed by atoms with Crippen LogP contribution in [-0.4, -0.2) is 37.0 Å². The minimum absolute atomic E-state index is 0.0330. The van der Waals surface area contributed by atoms with Crippen LogP contribution in [0.3, 0.4) is 0 Å². The Morgan fingerprint density at radius 1 is 1.20 bits per heavy atom. The molecule has 2 bridgehead atoms. The van der Waals surface area contributed by atoms with E-state index < -0.39 is 0 Å². The number of carbonyl (C=O) groups is 1. The maximum absolute atomic E-state index is 12.2. The zero-order valence-electron chi connectivity index (χ0n) is 17.5. The van der Waals surface area contributed by atoms with Gasteiger partial charge >= 0.3 is 5.97 Å². The van der Waals surface area contributed by atoms with Crippen LogP contribution in [0.4, 0.5) is 0 Å². The molecule has 0 aliphatic carbocycles. The molecule has 0 amide bonds. The Bertz CT molecular complexity index is 699. The van der Waals surface area contributed by atoms with E-state index in [1.807, 2.05) is 0 Å². The van der Waals surface area contributed by atoms with Crippen molar-refractivity contribution in [3.63, 3.8) is 0 Å². The summed E-state index contributed by atoms with van der Waals surface area (Å²) in [7, 11) is 1.50. The molecule has 2 N–H and O–H groups in total. The van der Waals surface area contributed by atoms with E-state index in [9.17, 15) is 4.79 Å². The predicted octanol–water partition coefficient (Wildman–Crippen LogP) is 2.87. The summed E-state index contributed by atoms with van der Waals surface area (Å²) in [6, 6.07) is 9.63. The molecule has 2 unspecified atom stereocenters. The van der Waals surface area contributed by atoms with Gasteiger partial charge in [-0.25, -0.2) is 5.26 Å². The molecule has 0 spiro atoms. The van der Waals surface area contributed by atoms with Crippen LogP contribution in [0.1, 0.15) is 50.2 Å². The monoisotopic (exact) mass is 423 g/mol. The van der Waals surface area contributed by atoms with Crippen LogP contribution in [0.5, 0.6) is 0 Å². The van der Waals surface area contributed by atoms with Gasteiger partial charge in [-0.3, -0.25) is 4.79 Å². The van der Waals surface area contributed by atoms with Gasteiger partial charge in [-0.1, -0.05) is 37.1 Å². The van der Waals surface area contributed by atoms with Crippen molar-refractivity contribution in [3.8, 4) is 11.8 Å². The van der Waals surface area contributed by atoms with E-state index in [0.717, 1.165) is 19.3 Å². The lowest BCUT2D eigenvalue weighted by molar-refractivity contribution is -0.752. The zero-order chi connectivity index (χ0) is 21.8. The van der Waals surface area contributed by atoms with E-state index in [2.05, 4.69) is 73.4 Å². The number of piperidine rings is 1. The van der Waals surface area contributed by atoms with Gasteiger partial charge in [0.25, 0.3) is 0 Å². The summed E-state index contributed by atoms with van der Waals surface area (Å²) >= 11 is 0. The molecule has 30 heavy (non-hydrogen) atoms. The van der Waals surface area contributed by atoms with E-state index in [1.165, 1.54) is 24.7 Å². The van der Waals surface area contributed by atoms with Gasteiger partial charge in [-0.05, 0) is 63.9 Å². The van der Waals surface area contributed by atoms with Crippen LogP contribution in [0.25, 0.3) is 0 Å². The SMILES string of the molecule is CC#CCOOOOOO.CCc1ccc([C@H]2C[C@H]3CCC(N3)C2C(=O)OC)cc1. The molecule has 1 aromatic rings. The summed E-state index contributed by atoms with van der Waals surface area (Å²) in [6.07, 6.45) is 4.37. The van der Waals surface area contributed by atoms with Gasteiger partial charge in [0.2, 0.25) is 0 Å². The third-order valence-corrected chi connectivity index (χ3v) is 5.41. The number of methoxy groups -OCH3 is 1. The molecule has 3 rings (SSSR count). The molecule has 4 atom stereocenters. The Hall–Kier alpha value is -2.03. The highest BCUT2D eigenvalue weighted by molar-refractivity contribution is 5.75. The van der Waals surface area contributed by atoms with Gasteiger partial charge in [-0.15, -0.1) is 5.92 Å². The lowest BCUT2D eigenvalue weighted by Gasteiger charge is -2.36. The van der Waals surface area contributed by atoms with Crippen molar-refractivity contribution >= 4 is 5.97 Å². The number of rotatable bonds is 8. The number of benzene rings is 1. The molecule has 2 aliphatic heterocycles. The average Bonchev–Trinajstić information content (AvgIpc) is 3.17. The minimum atomic E-state index is -0.0626. The molecule has 166 valence electrons. The maximum Gasteiger partial charge on any atom is 0.310 e. The van der Waals surface area contributed by atoms with Crippen LogP contribution in [-0.2, 0) is 41.0 Å². The fourth-order valence-corrected chi connectivity index (χ4v) is 4.03. The van der Waals surface area contributed by atoms with Crippen molar-refractivity contribution in [2.24, 2.45) is 5.92 Å². The van der Waals surface area contributed by atoms with Crippen molar-refractivity contribution in [2.75, 3.05) is 13.7 Å². The molecule has 9 heteroatoms. The Morgan fingerprint density at radius 3 is 2.60 bits per heavy atom. The Kier molecular flexibility index (Phi) is 10.8. The number of hydrogen-bond donors (Lipinski definition) is 2. The molecule has 9 nitrogen and oxygen atoms in total. The van der Waals surface area contributed by atoms with Crippen molar-refractivity contribution in [1.82, 2.24) is 5.32 Å². The van der Waals surface area contributed by atoms with E-state index in [4.69, 9.17) is 9.99 Å². The summed E-state index contributed by atoms with van der Waals surface area (Å²) in [5, 5.41) is 24.7. The van der Waals surface area contributed by atoms with Gasteiger partial charge in [0, 0.05) is 18.0 Å². The summed E-state index contributed by atoms with van der Waals surface area (Å²) in [5.74, 6) is 5.22. The second-order valence-electron chi connectivity index (χ2n) is 7.00. The fourth-order valence-electron chi connectivity index (χ4n) is 4.03. The first-order valence-electron chi connectivity index (χ1n) is 9.89. The predicted molar refractivity (Wildman–Crippen MR) is 105 cm³/mol. The first-order chi connectivity index (χ1) is 14.6. The summed E-state index contributed by atoms with van der Waals surface area (Å²) < 4.78 is 5.06. The smallest absolute Gasteiger partial charge is 0.310 e. The van der Waals surface area contributed by atoms with Crippen LogP contribution in [0, 0.1) is 17.8 Å². The molecule has 2 saturated heterocycles. The average molecular weight is 423 g/mol. The van der Waals surface area contributed by atoms with Gasteiger partial charge in [0.1, 0.15) is 6.61 Å². The molecule has 0 aromatic heterocycles. The number of carbonyl (C=O) groups excluding carboxylic acids is 1. The normalized spacial score (nSPS) is 24.3. The molecule has 1 aromatic carbocycles. The second kappa shape index (κ2) is 13.3. The van der Waals surface area contributed by atoms with E-state index in [1.54, 1.807) is 6.92 Å². The van der Waals surface area contributed by atoms with Gasteiger partial charge in [-0.2, -0.15) is 4.89 Å². The number of hydrogen-bond acceptors (Lipinski definition) is 9. The lowest BCUT2D eigenvalue weighted by atomic mass is 9.77. The number of nitrogens with one attached hydrogen (secondary N) is 1. The Balaban J connectivity index is 0.000000274. The maximum atomic E-state index is 12.2. The summed E-state index contributed by atoms with van der Waals surface area (Å²) in [5.41, 5.74) is 2.64. The van der Waals surface area contributed by atoms with Gasteiger partial charge in [0.15, 0.2) is 0 Å². The van der Waals surface area contributed by atoms with Crippen molar-refractivity contribution in [3.05, 3.63) is 35.4 Å². The number of ether oxygens (including phenoxy) is 1. The highest BCUT2D eigenvalue weighted by Gasteiger charge is 2.46. The number of aryl methyl sites for hydroxylation is 1. The third-order valence-electron chi connectivity index (χ3n) is 5.41. The lowest BCUT2D eigenvalue weighted by Crippen LogP contribution is -2.48. The zero-order valence-corrected chi connectivity index (χ0v) is 17.5. The third kappa shape index (κ3) is 7.04. The molecule has 0 saturated carbocycles. The van der Waals surface area contributed by atoms with Crippen molar-refractivity contribution in [2.45, 2.75) is 57.5 Å². The van der Waals surface area contributed by atoms with E-state index in [0.29, 0.717) is 12.0 Å². The molecule has 2 aliphatic rings. The molecule has 2 heterocycles. The molecule has 2 fully saturated rings. The summed E-state index contributed by atoms with van der Waals surface area (Å²) in [4.78, 5) is 16.4. The van der Waals surface area contributed by atoms with Gasteiger partial charge in [0.05, 0.1) is 13.0 Å². The fraction of sp³-hybridized carbons (Fsp3) is 0.571. The van der Waals surface area contributed by atoms with Crippen LogP contribution < -0.4 is 5.32 Å². The largest absolute Gasteiger partial charge is 0.469 e. The van der Waals surface area contributed by atoms with E-state index in [-0.39, 0.29) is 24.5 Å². The quantitative estimate of drug-likeness (QED) is 0.215. The first kappa shape index (κ1) is 24.2. The van der Waals surface area contributed by atoms with Crippen molar-refractivity contribution in [1.29, 1.82) is 0 Å². The topological polar surface area (TPSA) is 105 Å². The molecule has 0 radical (unpaired) electrons. The van der Waals surface area contributed by atoms with E-state index >= 15 is 0 Å². The molecular formula is C21H29NO8. The van der Waals surface area contributed by atoms with Gasteiger partial charge < -0.3 is 10.1 Å². The minimum Gasteiger partial charge on any atom is -0.469 e. The van der Waals surface area contributed by atoms with Crippen LogP contribution in [0.2, 0.25) is 0 Å². The number of esters is 1. The number of fused-ring (bicyclic) bond motifs is 2. The summed E-state index contributed by atoms with van der Waals surface area (Å²) in [6.45, 7) is 3.83. The highest BCUT2D eigenvalue weighted by Crippen LogP contribution is 2.42. The molecular weight excluding hydrogens is 394 g/mol. The Morgan fingerprint density at radius 2 is 1.97 bits per heavy atom. The first-order valence-corrected chi connectivity index (χ1v) is 9.89. The van der Waals surface area contributed by atoms with Crippen LogP contribution in [0.15, 0.2) is 24.3 Å². The standard InChI is InChI=1S/C17H23NO2.C4H6O6/c1-3-11-4-6-12(7-5-11)14-10-13-8-9-15(18-13)16(14)17(19)20-2;1-2-3-4-6-8-10-9-7-5/h4-7,13-16,18H,3,8-10H2,1-2H3;5H,4H2,1H3/t13-,14-,15?,16?;/m1./s1. The van der Waals surface area contributed by atoms with Crippen LogP contribution >= 0.6 is 0 Å². The highest BCUT2D eigenvalue weighted by atomic mass is 17.8. The Labute approximate surface area is 176 Å². The second-order valence-corrected chi connectivity index (χ2v) is 7.00.